The molecular weight excluding hydrogens is 488 g/mol. The van der Waals surface area contributed by atoms with Crippen LogP contribution in [0.1, 0.15) is 40.3 Å². The zero-order chi connectivity index (χ0) is 26.2. The molecule has 190 valence electrons. The van der Waals surface area contributed by atoms with Gasteiger partial charge in [0.05, 0.1) is 30.6 Å². The lowest BCUT2D eigenvalue weighted by Gasteiger charge is -2.28. The lowest BCUT2D eigenvalue weighted by molar-refractivity contribution is 0.310. The first-order chi connectivity index (χ1) is 18.5. The summed E-state index contributed by atoms with van der Waals surface area (Å²) in [7, 11) is 1.69. The van der Waals surface area contributed by atoms with Crippen molar-refractivity contribution in [2.24, 2.45) is 0 Å². The number of hydrogen-bond donors (Lipinski definition) is 1. The molecule has 0 bridgehead atoms. The van der Waals surface area contributed by atoms with Crippen LogP contribution >= 0.6 is 12.2 Å². The van der Waals surface area contributed by atoms with Crippen molar-refractivity contribution in [3.05, 3.63) is 125 Å². The van der Waals surface area contributed by atoms with Crippen LogP contribution in [0, 0.1) is 13.8 Å². The fourth-order valence-electron chi connectivity index (χ4n) is 5.70. The van der Waals surface area contributed by atoms with Crippen LogP contribution in [0.3, 0.4) is 0 Å². The van der Waals surface area contributed by atoms with Gasteiger partial charge < -0.3 is 19.5 Å². The van der Waals surface area contributed by atoms with Gasteiger partial charge in [-0.15, -0.1) is 0 Å². The lowest BCUT2D eigenvalue weighted by Crippen LogP contribution is -2.29. The second-order valence-corrected chi connectivity index (χ2v) is 10.1. The van der Waals surface area contributed by atoms with Crippen LogP contribution in [0.15, 0.2) is 97.2 Å². The maximum absolute atomic E-state index is 5.94. The number of benzene rings is 3. The third-order valence-corrected chi connectivity index (χ3v) is 7.86. The van der Waals surface area contributed by atoms with Crippen LogP contribution in [0.25, 0.3) is 16.5 Å². The van der Waals surface area contributed by atoms with E-state index in [4.69, 9.17) is 21.9 Å². The number of pyridine rings is 1. The highest BCUT2D eigenvalue weighted by molar-refractivity contribution is 7.80. The predicted molar refractivity (Wildman–Crippen MR) is 157 cm³/mol. The molecule has 0 spiro atoms. The number of aromatic nitrogens is 2. The van der Waals surface area contributed by atoms with E-state index in [9.17, 15) is 0 Å². The van der Waals surface area contributed by atoms with Crippen molar-refractivity contribution in [3.8, 4) is 11.4 Å². The zero-order valence-electron chi connectivity index (χ0n) is 21.8. The minimum absolute atomic E-state index is 0.0190. The molecule has 0 radical (unpaired) electrons. The summed E-state index contributed by atoms with van der Waals surface area (Å²) in [5, 5.41) is 6.80. The van der Waals surface area contributed by atoms with Crippen molar-refractivity contribution in [1.82, 2.24) is 19.8 Å². The number of hydrogen-bond acceptors (Lipinski definition) is 3. The smallest absolute Gasteiger partial charge is 0.170 e. The topological polar surface area (TPSA) is 42.3 Å². The van der Waals surface area contributed by atoms with Crippen LogP contribution in [-0.2, 0) is 6.54 Å². The van der Waals surface area contributed by atoms with Crippen molar-refractivity contribution in [2.45, 2.75) is 32.5 Å². The third kappa shape index (κ3) is 4.21. The van der Waals surface area contributed by atoms with Crippen molar-refractivity contribution in [3.63, 3.8) is 0 Å². The first-order valence-corrected chi connectivity index (χ1v) is 13.2. The molecule has 6 heteroatoms. The molecule has 5 nitrogen and oxygen atoms in total. The molecule has 2 aromatic heterocycles. The van der Waals surface area contributed by atoms with Gasteiger partial charge in [-0.2, -0.15) is 0 Å². The molecule has 0 saturated carbocycles. The molecule has 6 rings (SSSR count). The molecule has 0 aliphatic carbocycles. The molecular formula is C32H30N4OS. The van der Waals surface area contributed by atoms with Gasteiger partial charge in [-0.1, -0.05) is 54.6 Å². The number of thiocarbonyl (C=S) groups is 1. The highest BCUT2D eigenvalue weighted by atomic mass is 32.1. The van der Waals surface area contributed by atoms with Crippen LogP contribution in [0.2, 0.25) is 0 Å². The summed E-state index contributed by atoms with van der Waals surface area (Å²) in [6.45, 7) is 5.08. The quantitative estimate of drug-likeness (QED) is 0.250. The second kappa shape index (κ2) is 9.95. The molecule has 1 N–H and O–H groups in total. The highest BCUT2D eigenvalue weighted by Crippen LogP contribution is 2.42. The van der Waals surface area contributed by atoms with Gasteiger partial charge in [0.25, 0.3) is 0 Å². The van der Waals surface area contributed by atoms with E-state index in [0.29, 0.717) is 6.54 Å². The van der Waals surface area contributed by atoms with Crippen molar-refractivity contribution in [1.29, 1.82) is 0 Å². The molecule has 1 saturated heterocycles. The van der Waals surface area contributed by atoms with E-state index in [0.717, 1.165) is 16.6 Å². The van der Waals surface area contributed by atoms with Gasteiger partial charge >= 0.3 is 0 Å². The number of ether oxygens (including phenoxy) is 1. The number of aryl methyl sites for hydroxylation is 1. The Morgan fingerprint density at radius 3 is 2.45 bits per heavy atom. The van der Waals surface area contributed by atoms with Gasteiger partial charge in [-0.05, 0) is 79.0 Å². The van der Waals surface area contributed by atoms with Gasteiger partial charge in [0.2, 0.25) is 0 Å². The van der Waals surface area contributed by atoms with E-state index < -0.39 is 0 Å². The fraction of sp³-hybridized carbons (Fsp3) is 0.188. The average molecular weight is 519 g/mol. The van der Waals surface area contributed by atoms with Crippen LogP contribution in [0.4, 0.5) is 0 Å². The molecule has 1 fully saturated rings. The summed E-state index contributed by atoms with van der Waals surface area (Å²) < 4.78 is 7.74. The Kier molecular flexibility index (Phi) is 6.34. The van der Waals surface area contributed by atoms with Crippen LogP contribution in [-0.4, -0.2) is 26.7 Å². The number of rotatable bonds is 6. The van der Waals surface area contributed by atoms with Gasteiger partial charge in [0.1, 0.15) is 5.75 Å². The van der Waals surface area contributed by atoms with E-state index in [-0.39, 0.29) is 12.1 Å². The lowest BCUT2D eigenvalue weighted by atomic mass is 9.96. The van der Waals surface area contributed by atoms with E-state index in [1.165, 1.54) is 39.0 Å². The van der Waals surface area contributed by atoms with Crippen molar-refractivity contribution < 1.29 is 4.74 Å². The van der Waals surface area contributed by atoms with Gasteiger partial charge in [0.15, 0.2) is 5.11 Å². The Hall–Kier alpha value is -4.16. The Morgan fingerprint density at radius 2 is 1.68 bits per heavy atom. The van der Waals surface area contributed by atoms with Gasteiger partial charge in [-0.25, -0.2) is 0 Å². The highest BCUT2D eigenvalue weighted by Gasteiger charge is 2.41. The zero-order valence-corrected chi connectivity index (χ0v) is 22.6. The minimum atomic E-state index is -0.0663. The van der Waals surface area contributed by atoms with Gasteiger partial charge in [-0.3, -0.25) is 4.98 Å². The van der Waals surface area contributed by atoms with E-state index in [1.807, 2.05) is 30.5 Å². The number of fused-ring (bicyclic) bond motifs is 1. The number of nitrogens with zero attached hydrogens (tertiary/aromatic N) is 3. The second-order valence-electron chi connectivity index (χ2n) is 9.76. The molecule has 5 aromatic rings. The van der Waals surface area contributed by atoms with Crippen LogP contribution < -0.4 is 10.1 Å². The van der Waals surface area contributed by atoms with Gasteiger partial charge in [0, 0.05) is 29.5 Å². The Morgan fingerprint density at radius 1 is 0.921 bits per heavy atom. The maximum Gasteiger partial charge on any atom is 0.170 e. The SMILES string of the molecule is COc1ccc(CN2C(=S)N[C@H](c3ccccn3)[C@H]2c2cc(C)n(-c3cccc4ccccc34)c2C)cc1. The Labute approximate surface area is 228 Å². The molecule has 2 atom stereocenters. The standard InChI is InChI=1S/C32H30N4OS/c1-21-19-27(22(2)36(21)29-13-8-10-24-9-4-5-11-26(24)29)31-30(28-12-6-7-18-33-28)34-32(38)35(31)20-23-14-16-25(37-3)17-15-23/h4-19,30-31H,20H2,1-3H3,(H,34,38)/t30-,31-/m1/s1. The van der Waals surface area contributed by atoms with E-state index >= 15 is 0 Å². The van der Waals surface area contributed by atoms with Crippen molar-refractivity contribution >= 4 is 28.1 Å². The molecule has 0 amide bonds. The first kappa shape index (κ1) is 24.2. The van der Waals surface area contributed by atoms with E-state index in [1.54, 1.807) is 7.11 Å². The Balaban J connectivity index is 1.47. The molecule has 1 aliphatic rings. The predicted octanol–water partition coefficient (Wildman–Crippen LogP) is 6.82. The summed E-state index contributed by atoms with van der Waals surface area (Å²) in [4.78, 5) is 7.02. The summed E-state index contributed by atoms with van der Waals surface area (Å²) >= 11 is 5.94. The summed E-state index contributed by atoms with van der Waals surface area (Å²) in [5.41, 5.74) is 6.98. The summed E-state index contributed by atoms with van der Waals surface area (Å²) in [6, 6.07) is 31.6. The molecule has 0 unspecified atom stereocenters. The fourth-order valence-corrected chi connectivity index (χ4v) is 6.01. The monoisotopic (exact) mass is 518 g/mol. The van der Waals surface area contributed by atoms with Crippen LogP contribution in [0.5, 0.6) is 5.75 Å². The minimum Gasteiger partial charge on any atom is -0.497 e. The number of methoxy groups -OCH3 is 1. The normalized spacial score (nSPS) is 17.1. The first-order valence-electron chi connectivity index (χ1n) is 12.8. The average Bonchev–Trinajstić information content (AvgIpc) is 3.43. The molecule has 3 heterocycles. The van der Waals surface area contributed by atoms with Crippen molar-refractivity contribution in [2.75, 3.05) is 7.11 Å². The molecule has 38 heavy (non-hydrogen) atoms. The Bertz CT molecular complexity index is 1610. The maximum atomic E-state index is 5.94. The molecule has 3 aromatic carbocycles. The number of nitrogens with one attached hydrogen (secondary N) is 1. The largest absolute Gasteiger partial charge is 0.497 e. The van der Waals surface area contributed by atoms with E-state index in [2.05, 4.69) is 95.4 Å². The third-order valence-electron chi connectivity index (χ3n) is 7.51. The summed E-state index contributed by atoms with van der Waals surface area (Å²) in [6.07, 6.45) is 1.85. The molecule has 1 aliphatic heterocycles. The summed E-state index contributed by atoms with van der Waals surface area (Å²) in [5.74, 6) is 0.845.